The minimum atomic E-state index is -0.435. The van der Waals surface area contributed by atoms with E-state index in [2.05, 4.69) is 5.10 Å². The van der Waals surface area contributed by atoms with Crippen LogP contribution in [0.25, 0.3) is 0 Å². The summed E-state index contributed by atoms with van der Waals surface area (Å²) >= 11 is 0. The van der Waals surface area contributed by atoms with E-state index in [0.717, 1.165) is 5.56 Å². The van der Waals surface area contributed by atoms with Crippen LogP contribution < -0.4 is 0 Å². The maximum absolute atomic E-state index is 13.0. The maximum Gasteiger partial charge on any atom is 0.311 e. The lowest BCUT2D eigenvalue weighted by atomic mass is 9.93. The molecule has 4 rings (SSSR count). The van der Waals surface area contributed by atoms with Gasteiger partial charge in [0.15, 0.2) is 0 Å². The number of nitrogens with zero attached hydrogens (tertiary/aromatic N) is 4. The SMILES string of the molecule is COC(=O)[C@H]1C[C@H]2CN(C(=O)CCn3cccn3)CC(=O)N2[C@H]1c1ccccc1. The monoisotopic (exact) mass is 396 g/mol. The Balaban J connectivity index is 1.51. The van der Waals surface area contributed by atoms with Gasteiger partial charge in [0.05, 0.1) is 31.7 Å². The van der Waals surface area contributed by atoms with Crippen molar-refractivity contribution in [2.45, 2.75) is 31.5 Å². The highest BCUT2D eigenvalue weighted by atomic mass is 16.5. The predicted octanol–water partition coefficient (Wildman–Crippen LogP) is 1.25. The number of methoxy groups -OCH3 is 1. The minimum Gasteiger partial charge on any atom is -0.469 e. The van der Waals surface area contributed by atoms with Gasteiger partial charge in [0, 0.05) is 31.9 Å². The molecule has 2 aliphatic heterocycles. The van der Waals surface area contributed by atoms with Crippen molar-refractivity contribution in [2.75, 3.05) is 20.2 Å². The third kappa shape index (κ3) is 3.74. The lowest BCUT2D eigenvalue weighted by Gasteiger charge is -2.40. The second kappa shape index (κ2) is 8.06. The zero-order valence-corrected chi connectivity index (χ0v) is 16.3. The van der Waals surface area contributed by atoms with Crippen molar-refractivity contribution in [3.63, 3.8) is 0 Å². The van der Waals surface area contributed by atoms with Crippen molar-refractivity contribution in [1.82, 2.24) is 19.6 Å². The summed E-state index contributed by atoms with van der Waals surface area (Å²) in [4.78, 5) is 41.5. The largest absolute Gasteiger partial charge is 0.469 e. The number of hydrogen-bond acceptors (Lipinski definition) is 5. The number of esters is 1. The van der Waals surface area contributed by atoms with Crippen LogP contribution in [0.4, 0.5) is 0 Å². The highest BCUT2D eigenvalue weighted by Gasteiger charge is 2.51. The molecule has 0 saturated carbocycles. The third-order valence-corrected chi connectivity index (χ3v) is 5.76. The van der Waals surface area contributed by atoms with Gasteiger partial charge in [0.1, 0.15) is 0 Å². The molecule has 0 bridgehead atoms. The molecule has 0 radical (unpaired) electrons. The Morgan fingerprint density at radius 2 is 2.00 bits per heavy atom. The molecule has 2 fully saturated rings. The van der Waals surface area contributed by atoms with Crippen molar-refractivity contribution < 1.29 is 19.1 Å². The van der Waals surface area contributed by atoms with E-state index in [-0.39, 0.29) is 42.8 Å². The van der Waals surface area contributed by atoms with Crippen LogP contribution in [0.2, 0.25) is 0 Å². The quantitative estimate of drug-likeness (QED) is 0.710. The van der Waals surface area contributed by atoms with Crippen molar-refractivity contribution in [3.8, 4) is 0 Å². The molecule has 2 aromatic rings. The number of rotatable bonds is 5. The lowest BCUT2D eigenvalue weighted by Crippen LogP contribution is -2.56. The summed E-state index contributed by atoms with van der Waals surface area (Å²) < 4.78 is 6.71. The topological polar surface area (TPSA) is 84.7 Å². The molecule has 1 aromatic carbocycles. The summed E-state index contributed by atoms with van der Waals surface area (Å²) in [7, 11) is 1.37. The molecule has 2 amide bonds. The second-order valence-corrected chi connectivity index (χ2v) is 7.47. The van der Waals surface area contributed by atoms with Gasteiger partial charge in [-0.2, -0.15) is 5.10 Å². The fraction of sp³-hybridized carbons (Fsp3) is 0.429. The van der Waals surface area contributed by atoms with Crippen LogP contribution in [0, 0.1) is 5.92 Å². The number of piperazine rings is 1. The first-order valence-electron chi connectivity index (χ1n) is 9.77. The first kappa shape index (κ1) is 19.2. The van der Waals surface area contributed by atoms with Crippen LogP contribution in [-0.2, 0) is 25.7 Å². The Bertz CT molecular complexity index is 883. The fourth-order valence-electron chi connectivity index (χ4n) is 4.45. The van der Waals surface area contributed by atoms with Crippen LogP contribution in [0.15, 0.2) is 48.8 Å². The van der Waals surface area contributed by atoms with Gasteiger partial charge in [-0.25, -0.2) is 0 Å². The summed E-state index contributed by atoms with van der Waals surface area (Å²) in [5, 5.41) is 4.10. The lowest BCUT2D eigenvalue weighted by molar-refractivity contribution is -0.151. The molecule has 8 heteroatoms. The minimum absolute atomic E-state index is 0.0334. The third-order valence-electron chi connectivity index (χ3n) is 5.76. The van der Waals surface area contributed by atoms with Crippen LogP contribution in [-0.4, -0.2) is 63.6 Å². The Labute approximate surface area is 169 Å². The molecule has 0 aliphatic carbocycles. The Morgan fingerprint density at radius 1 is 1.21 bits per heavy atom. The molecule has 29 heavy (non-hydrogen) atoms. The molecule has 1 aromatic heterocycles. The summed E-state index contributed by atoms with van der Waals surface area (Å²) in [5.74, 6) is -0.965. The van der Waals surface area contributed by atoms with Crippen LogP contribution in [0.3, 0.4) is 0 Å². The maximum atomic E-state index is 13.0. The number of benzene rings is 1. The molecule has 152 valence electrons. The Kier molecular flexibility index (Phi) is 5.33. The highest BCUT2D eigenvalue weighted by Crippen LogP contribution is 2.43. The van der Waals surface area contributed by atoms with Gasteiger partial charge in [0.2, 0.25) is 11.8 Å². The molecule has 2 aliphatic rings. The molecule has 0 spiro atoms. The molecule has 2 saturated heterocycles. The van der Waals surface area contributed by atoms with Crippen LogP contribution in [0.1, 0.15) is 24.4 Å². The molecule has 3 heterocycles. The van der Waals surface area contributed by atoms with Gasteiger partial charge < -0.3 is 14.5 Å². The van der Waals surface area contributed by atoms with Crippen LogP contribution in [0.5, 0.6) is 0 Å². The van der Waals surface area contributed by atoms with E-state index in [0.29, 0.717) is 19.5 Å². The van der Waals surface area contributed by atoms with E-state index < -0.39 is 5.92 Å². The highest BCUT2D eigenvalue weighted by molar-refractivity contribution is 5.88. The number of fused-ring (bicyclic) bond motifs is 1. The Hall–Kier alpha value is -3.16. The first-order chi connectivity index (χ1) is 14.1. The van der Waals surface area contributed by atoms with E-state index >= 15 is 0 Å². The molecular weight excluding hydrogens is 372 g/mol. The van der Waals surface area contributed by atoms with Crippen molar-refractivity contribution in [3.05, 3.63) is 54.4 Å². The number of hydrogen-bond donors (Lipinski definition) is 0. The average molecular weight is 396 g/mol. The number of carbonyl (C=O) groups is 3. The number of ether oxygens (including phenoxy) is 1. The molecule has 3 atom stereocenters. The zero-order chi connectivity index (χ0) is 20.4. The number of amides is 2. The average Bonchev–Trinajstić information content (AvgIpc) is 3.40. The fourth-order valence-corrected chi connectivity index (χ4v) is 4.45. The van der Waals surface area contributed by atoms with Gasteiger partial charge >= 0.3 is 5.97 Å². The van der Waals surface area contributed by atoms with Gasteiger partial charge in [-0.05, 0) is 18.1 Å². The predicted molar refractivity (Wildman–Crippen MR) is 103 cm³/mol. The molecule has 0 N–H and O–H groups in total. The first-order valence-corrected chi connectivity index (χ1v) is 9.77. The number of aromatic nitrogens is 2. The van der Waals surface area contributed by atoms with Crippen molar-refractivity contribution in [2.24, 2.45) is 5.92 Å². The number of aryl methyl sites for hydroxylation is 1. The summed E-state index contributed by atoms with van der Waals surface area (Å²) in [6.45, 7) is 0.939. The zero-order valence-electron chi connectivity index (χ0n) is 16.3. The van der Waals surface area contributed by atoms with E-state index in [9.17, 15) is 14.4 Å². The standard InChI is InChI=1S/C21H24N4O4/c1-29-21(28)17-12-16-13-23(18(26)8-11-24-10-5-9-22-24)14-19(27)25(16)20(17)15-6-3-2-4-7-15/h2-7,9-10,16-17,20H,8,11-14H2,1H3/t16-,17-,20-/m0/s1. The van der Waals surface area contributed by atoms with E-state index in [1.54, 1.807) is 26.9 Å². The smallest absolute Gasteiger partial charge is 0.311 e. The normalized spacial score (nSPS) is 23.8. The Morgan fingerprint density at radius 3 is 2.69 bits per heavy atom. The van der Waals surface area contributed by atoms with Crippen molar-refractivity contribution >= 4 is 17.8 Å². The molecule has 8 nitrogen and oxygen atoms in total. The summed E-state index contributed by atoms with van der Waals surface area (Å²) in [6.07, 6.45) is 4.24. The van der Waals surface area contributed by atoms with E-state index in [4.69, 9.17) is 4.74 Å². The van der Waals surface area contributed by atoms with Gasteiger partial charge in [0.25, 0.3) is 0 Å². The van der Waals surface area contributed by atoms with Gasteiger partial charge in [-0.1, -0.05) is 30.3 Å². The van der Waals surface area contributed by atoms with Crippen molar-refractivity contribution in [1.29, 1.82) is 0 Å². The van der Waals surface area contributed by atoms with E-state index in [1.165, 1.54) is 7.11 Å². The molecule has 0 unspecified atom stereocenters. The molecular formula is C21H24N4O4. The second-order valence-electron chi connectivity index (χ2n) is 7.47. The van der Waals surface area contributed by atoms with E-state index in [1.807, 2.05) is 36.4 Å². The van der Waals surface area contributed by atoms with Gasteiger partial charge in [-0.15, -0.1) is 0 Å². The number of carbonyl (C=O) groups excluding carboxylic acids is 3. The van der Waals surface area contributed by atoms with Crippen LogP contribution >= 0.6 is 0 Å². The summed E-state index contributed by atoms with van der Waals surface area (Å²) in [5.41, 5.74) is 0.914. The summed E-state index contributed by atoms with van der Waals surface area (Å²) in [6, 6.07) is 10.8. The van der Waals surface area contributed by atoms with Gasteiger partial charge in [-0.3, -0.25) is 19.1 Å².